The quantitative estimate of drug-likeness (QED) is 0.797. The van der Waals surface area contributed by atoms with Crippen molar-refractivity contribution in [3.63, 3.8) is 0 Å². The summed E-state index contributed by atoms with van der Waals surface area (Å²) in [6.45, 7) is 0. The summed E-state index contributed by atoms with van der Waals surface area (Å²) >= 11 is 0. The Bertz CT molecular complexity index is 374. The zero-order chi connectivity index (χ0) is 9.64. The molecule has 16 heavy (non-hydrogen) atoms. The van der Waals surface area contributed by atoms with Crippen molar-refractivity contribution in [3.8, 4) is 0 Å². The number of rotatable bonds is 2. The summed E-state index contributed by atoms with van der Waals surface area (Å²) in [6, 6.07) is 7.87. The molecule has 0 spiro atoms. The van der Waals surface area contributed by atoms with Gasteiger partial charge in [0.25, 0.3) is 0 Å². The third kappa shape index (κ3) is 4.87. The Labute approximate surface area is 121 Å². The molecule has 0 bridgehead atoms. The fourth-order valence-corrected chi connectivity index (χ4v) is 1.14. The number of aromatic nitrogens is 2. The van der Waals surface area contributed by atoms with Crippen molar-refractivity contribution in [2.45, 2.75) is 0 Å². The molecule has 2 heterocycles. The second-order valence-electron chi connectivity index (χ2n) is 2.91. The topological polar surface area (TPSA) is 25.8 Å². The van der Waals surface area contributed by atoms with Gasteiger partial charge >= 0.3 is 0 Å². The normalized spacial score (nSPS) is 9.25. The van der Waals surface area contributed by atoms with Gasteiger partial charge < -0.3 is 0 Å². The average molecular weight is 313 g/mol. The van der Waals surface area contributed by atoms with Crippen LogP contribution in [0.3, 0.4) is 0 Å². The van der Waals surface area contributed by atoms with Crippen LogP contribution in [0.15, 0.2) is 49.1 Å². The van der Waals surface area contributed by atoms with Crippen molar-refractivity contribution in [1.29, 1.82) is 0 Å². The first-order valence-corrected chi connectivity index (χ1v) is 4.43. The maximum atomic E-state index is 4.03. The molecule has 0 aliphatic rings. The number of hydrogen-bond donors (Lipinski definition) is 0. The molecule has 2 rings (SSSR count). The number of hydrogen-bond acceptors (Lipinski definition) is 2. The number of pyridine rings is 2. The van der Waals surface area contributed by atoms with E-state index < -0.39 is 0 Å². The second kappa shape index (κ2) is 8.44. The Hall–Kier alpha value is -0.713. The maximum Gasteiger partial charge on any atom is 0.0340 e. The molecule has 0 amide bonds. The molecule has 0 aliphatic heterocycles. The van der Waals surface area contributed by atoms with Crippen molar-refractivity contribution >= 4 is 12.2 Å². The molecular formula is C12H10N2Zn2. The van der Waals surface area contributed by atoms with Crippen LogP contribution in [0.1, 0.15) is 11.1 Å². The zero-order valence-electron chi connectivity index (χ0n) is 9.08. The van der Waals surface area contributed by atoms with Crippen LogP contribution in [0, 0.1) is 0 Å². The van der Waals surface area contributed by atoms with Crippen LogP contribution in [-0.2, 0) is 39.0 Å². The Morgan fingerprint density at radius 3 is 1.50 bits per heavy atom. The SMILES string of the molecule is C(=C/c1cccnc1)/c1cccnc1.[Zn].[Zn]. The van der Waals surface area contributed by atoms with Crippen LogP contribution < -0.4 is 0 Å². The van der Waals surface area contributed by atoms with Crippen LogP contribution in [0.25, 0.3) is 12.2 Å². The van der Waals surface area contributed by atoms with Crippen molar-refractivity contribution in [2.24, 2.45) is 0 Å². The molecule has 2 nitrogen and oxygen atoms in total. The van der Waals surface area contributed by atoms with Crippen LogP contribution in [-0.4, -0.2) is 9.97 Å². The van der Waals surface area contributed by atoms with E-state index in [2.05, 4.69) is 9.97 Å². The standard InChI is InChI=1S/C12H10N2.2Zn/c1-3-11(9-13-7-1)5-6-12-4-2-8-14-10-12;;/h1-10H;;/b6-5-;;. The van der Waals surface area contributed by atoms with E-state index in [9.17, 15) is 0 Å². The Balaban J connectivity index is 0.00000112. The molecule has 0 unspecified atom stereocenters. The van der Waals surface area contributed by atoms with Gasteiger partial charge in [-0.1, -0.05) is 24.3 Å². The van der Waals surface area contributed by atoms with E-state index in [0.717, 1.165) is 11.1 Å². The van der Waals surface area contributed by atoms with Crippen molar-refractivity contribution < 1.29 is 39.0 Å². The minimum atomic E-state index is 0. The summed E-state index contributed by atoms with van der Waals surface area (Å²) in [4.78, 5) is 8.06. The van der Waals surface area contributed by atoms with Gasteiger partial charge in [0.05, 0.1) is 0 Å². The summed E-state index contributed by atoms with van der Waals surface area (Å²) < 4.78 is 0. The molecule has 0 saturated heterocycles. The first-order valence-electron chi connectivity index (χ1n) is 4.43. The summed E-state index contributed by atoms with van der Waals surface area (Å²) in [5.41, 5.74) is 2.19. The van der Waals surface area contributed by atoms with Crippen LogP contribution in [0.4, 0.5) is 0 Å². The molecule has 0 atom stereocenters. The maximum absolute atomic E-state index is 4.03. The summed E-state index contributed by atoms with van der Waals surface area (Å²) in [5, 5.41) is 0. The van der Waals surface area contributed by atoms with Gasteiger partial charge in [0, 0.05) is 63.7 Å². The van der Waals surface area contributed by atoms with E-state index in [-0.39, 0.29) is 39.0 Å². The summed E-state index contributed by atoms with van der Waals surface area (Å²) in [5.74, 6) is 0. The van der Waals surface area contributed by atoms with E-state index in [0.29, 0.717) is 0 Å². The van der Waals surface area contributed by atoms with Crippen LogP contribution >= 0.6 is 0 Å². The van der Waals surface area contributed by atoms with Gasteiger partial charge in [0.2, 0.25) is 0 Å². The monoisotopic (exact) mass is 310 g/mol. The van der Waals surface area contributed by atoms with E-state index in [1.807, 2.05) is 48.8 Å². The molecule has 0 radical (unpaired) electrons. The minimum Gasteiger partial charge on any atom is -0.264 e. The fraction of sp³-hybridized carbons (Fsp3) is 0. The van der Waals surface area contributed by atoms with Gasteiger partial charge in [0.1, 0.15) is 0 Å². The molecule has 0 aromatic carbocycles. The predicted molar refractivity (Wildman–Crippen MR) is 57.4 cm³/mol. The predicted octanol–water partition coefficient (Wildman–Crippen LogP) is 2.64. The largest absolute Gasteiger partial charge is 0.264 e. The zero-order valence-corrected chi connectivity index (χ0v) is 15.0. The summed E-state index contributed by atoms with van der Waals surface area (Å²) in [7, 11) is 0. The fourth-order valence-electron chi connectivity index (χ4n) is 1.14. The first-order chi connectivity index (χ1) is 6.95. The third-order valence-corrected chi connectivity index (χ3v) is 1.84. The van der Waals surface area contributed by atoms with Crippen molar-refractivity contribution in [2.75, 3.05) is 0 Å². The smallest absolute Gasteiger partial charge is 0.0340 e. The van der Waals surface area contributed by atoms with Gasteiger partial charge in [-0.05, 0) is 23.3 Å². The Kier molecular flexibility index (Phi) is 8.06. The molecule has 2 aromatic heterocycles. The van der Waals surface area contributed by atoms with Gasteiger partial charge in [-0.2, -0.15) is 0 Å². The van der Waals surface area contributed by atoms with Gasteiger partial charge in [-0.3, -0.25) is 9.97 Å². The molecule has 0 fully saturated rings. The van der Waals surface area contributed by atoms with Gasteiger partial charge in [-0.25, -0.2) is 0 Å². The van der Waals surface area contributed by atoms with E-state index in [1.165, 1.54) is 0 Å². The molecule has 0 aliphatic carbocycles. The van der Waals surface area contributed by atoms with Crippen LogP contribution in [0.5, 0.6) is 0 Å². The van der Waals surface area contributed by atoms with Crippen molar-refractivity contribution in [3.05, 3.63) is 60.2 Å². The van der Waals surface area contributed by atoms with E-state index in [4.69, 9.17) is 0 Å². The third-order valence-electron chi connectivity index (χ3n) is 1.84. The van der Waals surface area contributed by atoms with E-state index in [1.54, 1.807) is 12.4 Å². The van der Waals surface area contributed by atoms with Gasteiger partial charge in [-0.15, -0.1) is 0 Å². The Morgan fingerprint density at radius 2 is 1.19 bits per heavy atom. The minimum absolute atomic E-state index is 0. The molecule has 4 heteroatoms. The molecule has 0 saturated carbocycles. The van der Waals surface area contributed by atoms with Crippen molar-refractivity contribution in [1.82, 2.24) is 9.97 Å². The van der Waals surface area contributed by atoms with Crippen LogP contribution in [0.2, 0.25) is 0 Å². The Morgan fingerprint density at radius 1 is 0.750 bits per heavy atom. The average Bonchev–Trinajstić information content (AvgIpc) is 2.29. The first kappa shape index (κ1) is 15.3. The van der Waals surface area contributed by atoms with E-state index >= 15 is 0 Å². The molecule has 72 valence electrons. The number of nitrogens with zero attached hydrogens (tertiary/aromatic N) is 2. The molecular weight excluding hydrogens is 303 g/mol. The summed E-state index contributed by atoms with van der Waals surface area (Å²) in [6.07, 6.45) is 11.2. The molecule has 0 N–H and O–H groups in total. The molecule has 2 aromatic rings. The second-order valence-corrected chi connectivity index (χ2v) is 2.91. The van der Waals surface area contributed by atoms with Gasteiger partial charge in [0.15, 0.2) is 0 Å².